The molecule has 0 spiro atoms. The van der Waals surface area contributed by atoms with Gasteiger partial charge in [0.15, 0.2) is 5.78 Å². The van der Waals surface area contributed by atoms with E-state index >= 15 is 0 Å². The van der Waals surface area contributed by atoms with Crippen molar-refractivity contribution in [1.29, 1.82) is 0 Å². The Kier molecular flexibility index (Phi) is 1.94. The van der Waals surface area contributed by atoms with E-state index in [1.165, 1.54) is 7.11 Å². The molecule has 3 nitrogen and oxygen atoms in total. The molecular formula is C10H12O3. The molecule has 0 N–H and O–H groups in total. The number of esters is 1. The summed E-state index contributed by atoms with van der Waals surface area (Å²) in [5, 5.41) is 0. The summed E-state index contributed by atoms with van der Waals surface area (Å²) in [5.41, 5.74) is 1.15. The maximum Gasteiger partial charge on any atom is 0.308 e. The molecule has 2 atom stereocenters. The zero-order valence-electron chi connectivity index (χ0n) is 7.58. The second-order valence-electron chi connectivity index (χ2n) is 3.75. The van der Waals surface area contributed by atoms with E-state index in [0.717, 1.165) is 18.4 Å². The largest absolute Gasteiger partial charge is 0.469 e. The minimum absolute atomic E-state index is 0.00523. The van der Waals surface area contributed by atoms with Gasteiger partial charge in [-0.3, -0.25) is 9.59 Å². The van der Waals surface area contributed by atoms with E-state index in [9.17, 15) is 9.59 Å². The van der Waals surface area contributed by atoms with Crippen LogP contribution in [0.25, 0.3) is 0 Å². The van der Waals surface area contributed by atoms with Crippen LogP contribution in [0.5, 0.6) is 0 Å². The molecule has 0 radical (unpaired) electrons. The number of allylic oxidation sites excluding steroid dienone is 2. The molecule has 1 saturated carbocycles. The molecule has 0 aliphatic heterocycles. The van der Waals surface area contributed by atoms with Crippen LogP contribution in [0.2, 0.25) is 0 Å². The lowest BCUT2D eigenvalue weighted by molar-refractivity contribution is -0.145. The zero-order valence-corrected chi connectivity index (χ0v) is 7.58. The van der Waals surface area contributed by atoms with Crippen LogP contribution in [0, 0.1) is 11.8 Å². The lowest BCUT2D eigenvalue weighted by Gasteiger charge is -2.06. The first kappa shape index (κ1) is 8.48. The Labute approximate surface area is 76.8 Å². The first-order chi connectivity index (χ1) is 6.20. The standard InChI is InChI=1S/C10H12O3/c1-13-10(12)8-2-6-4-9(11)5-7(6)3-8/h4,7-8H,2-3,5H2,1H3. The highest BCUT2D eigenvalue weighted by atomic mass is 16.5. The van der Waals surface area contributed by atoms with Gasteiger partial charge in [0, 0.05) is 6.42 Å². The molecular weight excluding hydrogens is 168 g/mol. The number of ketones is 1. The lowest BCUT2D eigenvalue weighted by Crippen LogP contribution is -2.13. The van der Waals surface area contributed by atoms with Crippen LogP contribution in [0.15, 0.2) is 11.6 Å². The van der Waals surface area contributed by atoms with Crippen molar-refractivity contribution in [1.82, 2.24) is 0 Å². The first-order valence-corrected chi connectivity index (χ1v) is 4.52. The van der Waals surface area contributed by atoms with E-state index < -0.39 is 0 Å². The van der Waals surface area contributed by atoms with Crippen molar-refractivity contribution in [3.63, 3.8) is 0 Å². The molecule has 70 valence electrons. The molecule has 0 aromatic rings. The minimum Gasteiger partial charge on any atom is -0.469 e. The zero-order chi connectivity index (χ0) is 9.42. The molecule has 0 heterocycles. The molecule has 3 heteroatoms. The van der Waals surface area contributed by atoms with Gasteiger partial charge < -0.3 is 4.74 Å². The maximum absolute atomic E-state index is 11.2. The fourth-order valence-electron chi connectivity index (χ4n) is 2.28. The van der Waals surface area contributed by atoms with Crippen LogP contribution >= 0.6 is 0 Å². The predicted octanol–water partition coefficient (Wildman–Crippen LogP) is 1.08. The summed E-state index contributed by atoms with van der Waals surface area (Å²) in [6.07, 6.45) is 3.82. The minimum atomic E-state index is -0.136. The van der Waals surface area contributed by atoms with E-state index in [2.05, 4.69) is 4.74 Å². The first-order valence-electron chi connectivity index (χ1n) is 4.52. The highest BCUT2D eigenvalue weighted by Gasteiger charge is 2.38. The topological polar surface area (TPSA) is 43.4 Å². The Morgan fingerprint density at radius 2 is 2.31 bits per heavy atom. The van der Waals surface area contributed by atoms with Crippen molar-refractivity contribution in [2.24, 2.45) is 11.8 Å². The Hall–Kier alpha value is -1.12. The number of carbonyl (C=O) groups excluding carboxylic acids is 2. The molecule has 0 amide bonds. The van der Waals surface area contributed by atoms with Crippen LogP contribution < -0.4 is 0 Å². The van der Waals surface area contributed by atoms with Gasteiger partial charge in [0.25, 0.3) is 0 Å². The molecule has 2 rings (SSSR count). The van der Waals surface area contributed by atoms with Crippen LogP contribution in [-0.4, -0.2) is 18.9 Å². The van der Waals surface area contributed by atoms with Crippen LogP contribution in [0.1, 0.15) is 19.3 Å². The van der Waals surface area contributed by atoms with E-state index in [-0.39, 0.29) is 17.7 Å². The smallest absolute Gasteiger partial charge is 0.308 e. The van der Waals surface area contributed by atoms with Gasteiger partial charge in [0.1, 0.15) is 0 Å². The van der Waals surface area contributed by atoms with Crippen molar-refractivity contribution < 1.29 is 14.3 Å². The van der Waals surface area contributed by atoms with E-state index in [4.69, 9.17) is 0 Å². The van der Waals surface area contributed by atoms with Crippen molar-refractivity contribution >= 4 is 11.8 Å². The lowest BCUT2D eigenvalue weighted by atomic mass is 10.0. The summed E-state index contributed by atoms with van der Waals surface area (Å²) >= 11 is 0. The molecule has 1 fully saturated rings. The van der Waals surface area contributed by atoms with Gasteiger partial charge in [-0.05, 0) is 24.8 Å². The summed E-state index contributed by atoms with van der Waals surface area (Å²) in [5.74, 6) is 0.400. The van der Waals surface area contributed by atoms with Crippen LogP contribution in [-0.2, 0) is 14.3 Å². The normalized spacial score (nSPS) is 31.5. The number of hydrogen-bond acceptors (Lipinski definition) is 3. The van der Waals surface area contributed by atoms with Gasteiger partial charge in [0.2, 0.25) is 0 Å². The van der Waals surface area contributed by atoms with Gasteiger partial charge >= 0.3 is 5.97 Å². The monoisotopic (exact) mass is 180 g/mol. The van der Waals surface area contributed by atoms with E-state index in [1.807, 2.05) is 0 Å². The summed E-state index contributed by atoms with van der Waals surface area (Å²) in [6, 6.07) is 0. The summed E-state index contributed by atoms with van der Waals surface area (Å²) < 4.78 is 4.68. The SMILES string of the molecule is COC(=O)C1CC2=CC(=O)CC2C1. The van der Waals surface area contributed by atoms with Gasteiger partial charge in [-0.2, -0.15) is 0 Å². The average molecular weight is 180 g/mol. The van der Waals surface area contributed by atoms with Crippen molar-refractivity contribution in [3.8, 4) is 0 Å². The molecule has 0 aromatic heterocycles. The van der Waals surface area contributed by atoms with Gasteiger partial charge in [-0.1, -0.05) is 5.57 Å². The maximum atomic E-state index is 11.2. The molecule has 2 unspecified atom stereocenters. The molecule has 0 aromatic carbocycles. The third-order valence-electron chi connectivity index (χ3n) is 2.90. The predicted molar refractivity (Wildman–Crippen MR) is 45.9 cm³/mol. The molecule has 0 bridgehead atoms. The highest BCUT2D eigenvalue weighted by molar-refractivity contribution is 5.94. The third-order valence-corrected chi connectivity index (χ3v) is 2.90. The quantitative estimate of drug-likeness (QED) is 0.567. The van der Waals surface area contributed by atoms with Crippen molar-refractivity contribution in [3.05, 3.63) is 11.6 Å². The average Bonchev–Trinajstić information content (AvgIpc) is 2.59. The molecule has 13 heavy (non-hydrogen) atoms. The summed E-state index contributed by atoms with van der Waals surface area (Å²) in [6.45, 7) is 0. The van der Waals surface area contributed by atoms with Crippen molar-refractivity contribution in [2.45, 2.75) is 19.3 Å². The summed E-state index contributed by atoms with van der Waals surface area (Å²) in [7, 11) is 1.41. The number of fused-ring (bicyclic) bond motifs is 1. The second kappa shape index (κ2) is 2.98. The van der Waals surface area contributed by atoms with Crippen LogP contribution in [0.3, 0.4) is 0 Å². The van der Waals surface area contributed by atoms with E-state index in [1.54, 1.807) is 6.08 Å². The number of carbonyl (C=O) groups is 2. The molecule has 2 aliphatic rings. The number of ether oxygens (including phenoxy) is 1. The fourth-order valence-corrected chi connectivity index (χ4v) is 2.28. The van der Waals surface area contributed by atoms with E-state index in [0.29, 0.717) is 12.3 Å². The Morgan fingerprint density at radius 3 is 2.92 bits per heavy atom. The molecule has 0 saturated heterocycles. The third kappa shape index (κ3) is 1.39. The molecule has 2 aliphatic carbocycles. The van der Waals surface area contributed by atoms with Gasteiger partial charge in [-0.15, -0.1) is 0 Å². The van der Waals surface area contributed by atoms with Gasteiger partial charge in [0.05, 0.1) is 13.0 Å². The Bertz CT molecular complexity index is 291. The highest BCUT2D eigenvalue weighted by Crippen LogP contribution is 2.41. The Balaban J connectivity index is 2.07. The number of hydrogen-bond donors (Lipinski definition) is 0. The van der Waals surface area contributed by atoms with Gasteiger partial charge in [-0.25, -0.2) is 0 Å². The fraction of sp³-hybridized carbons (Fsp3) is 0.600. The number of rotatable bonds is 1. The van der Waals surface area contributed by atoms with Crippen LogP contribution in [0.4, 0.5) is 0 Å². The Morgan fingerprint density at radius 1 is 1.54 bits per heavy atom. The number of methoxy groups -OCH3 is 1. The summed E-state index contributed by atoms with van der Waals surface area (Å²) in [4.78, 5) is 22.2. The second-order valence-corrected chi connectivity index (χ2v) is 3.75. The van der Waals surface area contributed by atoms with Crippen molar-refractivity contribution in [2.75, 3.05) is 7.11 Å².